The highest BCUT2D eigenvalue weighted by atomic mass is 16.3. The maximum absolute atomic E-state index is 12.0. The molecule has 0 saturated heterocycles. The van der Waals surface area contributed by atoms with Crippen LogP contribution in [-0.4, -0.2) is 14.7 Å². The van der Waals surface area contributed by atoms with E-state index in [9.17, 15) is 14.7 Å². The van der Waals surface area contributed by atoms with Crippen molar-refractivity contribution in [2.45, 2.75) is 19.9 Å². The average molecular weight is 220 g/mol. The van der Waals surface area contributed by atoms with Crippen molar-refractivity contribution in [2.75, 3.05) is 0 Å². The molecule has 84 valence electrons. The van der Waals surface area contributed by atoms with Crippen LogP contribution in [0.25, 0.3) is 10.9 Å². The number of nitrogens with zero attached hydrogens (tertiary/aromatic N) is 1. The number of para-hydroxylation sites is 1. The van der Waals surface area contributed by atoms with E-state index in [4.69, 9.17) is 0 Å². The average Bonchev–Trinajstić information content (AvgIpc) is 2.19. The number of benzene rings is 1. The summed E-state index contributed by atoms with van der Waals surface area (Å²) in [6.45, 7) is 3.51. The van der Waals surface area contributed by atoms with Gasteiger partial charge in [-0.3, -0.25) is 9.36 Å². The Morgan fingerprint density at radius 2 is 2.00 bits per heavy atom. The highest BCUT2D eigenvalue weighted by Gasteiger charge is 2.11. The van der Waals surface area contributed by atoms with Crippen molar-refractivity contribution in [1.29, 1.82) is 0 Å². The fraction of sp³-hybridized carbons (Fsp3) is 0.273. The summed E-state index contributed by atoms with van der Waals surface area (Å²) in [7, 11) is 0. The van der Waals surface area contributed by atoms with E-state index >= 15 is 0 Å². The first kappa shape index (κ1) is 10.5. The largest absolute Gasteiger partial charge is 0.506 e. The monoisotopic (exact) mass is 220 g/mol. The number of fused-ring (bicyclic) bond motifs is 1. The second kappa shape index (κ2) is 3.52. The molecule has 0 saturated carbocycles. The molecule has 0 unspecified atom stereocenters. The van der Waals surface area contributed by atoms with Gasteiger partial charge in [0, 0.05) is 6.04 Å². The number of hydrogen-bond donors (Lipinski definition) is 2. The highest BCUT2D eigenvalue weighted by Crippen LogP contribution is 2.17. The summed E-state index contributed by atoms with van der Waals surface area (Å²) < 4.78 is 1.13. The Kier molecular flexibility index (Phi) is 2.30. The van der Waals surface area contributed by atoms with Crippen molar-refractivity contribution in [2.24, 2.45) is 0 Å². The molecular formula is C11H12N2O3. The molecule has 1 heterocycles. The molecule has 1 aromatic heterocycles. The summed E-state index contributed by atoms with van der Waals surface area (Å²) in [6, 6.07) is 4.36. The van der Waals surface area contributed by atoms with Gasteiger partial charge < -0.3 is 10.1 Å². The number of hydrogen-bond acceptors (Lipinski definition) is 3. The van der Waals surface area contributed by atoms with E-state index in [1.807, 2.05) is 0 Å². The Morgan fingerprint density at radius 3 is 2.62 bits per heavy atom. The lowest BCUT2D eigenvalue weighted by molar-refractivity contribution is 0.478. The van der Waals surface area contributed by atoms with Crippen molar-refractivity contribution in [3.05, 3.63) is 39.0 Å². The summed E-state index contributed by atoms with van der Waals surface area (Å²) in [6.07, 6.45) is 0. The molecule has 0 amide bonds. The second-order valence-corrected chi connectivity index (χ2v) is 3.90. The van der Waals surface area contributed by atoms with E-state index < -0.39 is 5.69 Å². The first-order chi connectivity index (χ1) is 7.52. The van der Waals surface area contributed by atoms with Crippen LogP contribution in [0.15, 0.2) is 27.8 Å². The summed E-state index contributed by atoms with van der Waals surface area (Å²) >= 11 is 0. The van der Waals surface area contributed by atoms with Gasteiger partial charge in [0.1, 0.15) is 5.75 Å². The number of phenolic OH excluding ortho intramolecular Hbond substituents is 1. The summed E-state index contributed by atoms with van der Waals surface area (Å²) in [5, 5.41) is 9.84. The smallest absolute Gasteiger partial charge is 0.329 e. The summed E-state index contributed by atoms with van der Waals surface area (Å²) in [5.74, 6) is -0.0948. The van der Waals surface area contributed by atoms with Gasteiger partial charge in [-0.25, -0.2) is 4.79 Å². The molecule has 2 aromatic rings. The molecule has 2 rings (SSSR count). The molecule has 2 N–H and O–H groups in total. The molecular weight excluding hydrogens is 208 g/mol. The number of rotatable bonds is 1. The zero-order valence-electron chi connectivity index (χ0n) is 9.02. The van der Waals surface area contributed by atoms with Crippen molar-refractivity contribution in [3.8, 4) is 5.75 Å². The van der Waals surface area contributed by atoms with Crippen LogP contribution in [0.1, 0.15) is 19.9 Å². The number of phenols is 1. The Hall–Kier alpha value is -2.04. The van der Waals surface area contributed by atoms with Crippen LogP contribution in [0.2, 0.25) is 0 Å². The number of nitrogens with one attached hydrogen (secondary N) is 1. The van der Waals surface area contributed by atoms with Gasteiger partial charge in [0.25, 0.3) is 5.56 Å². The Bertz CT molecular complexity index is 652. The Morgan fingerprint density at radius 1 is 1.31 bits per heavy atom. The molecule has 0 aliphatic rings. The van der Waals surface area contributed by atoms with Crippen LogP contribution in [0.3, 0.4) is 0 Å². The van der Waals surface area contributed by atoms with Crippen LogP contribution in [0.4, 0.5) is 0 Å². The Labute approximate surface area is 91.0 Å². The topological polar surface area (TPSA) is 75.1 Å². The van der Waals surface area contributed by atoms with E-state index in [0.717, 1.165) is 4.57 Å². The molecule has 0 aliphatic carbocycles. The molecule has 0 radical (unpaired) electrons. The normalized spacial score (nSPS) is 11.2. The van der Waals surface area contributed by atoms with Crippen LogP contribution in [-0.2, 0) is 0 Å². The molecule has 0 atom stereocenters. The minimum atomic E-state index is -0.506. The molecule has 0 spiro atoms. The molecule has 0 aliphatic heterocycles. The van der Waals surface area contributed by atoms with Gasteiger partial charge in [-0.2, -0.15) is 0 Å². The van der Waals surface area contributed by atoms with E-state index in [-0.39, 0.29) is 22.9 Å². The van der Waals surface area contributed by atoms with Crippen molar-refractivity contribution >= 4 is 10.9 Å². The molecule has 5 heteroatoms. The maximum atomic E-state index is 12.0. The minimum absolute atomic E-state index is 0.0948. The third-order valence-electron chi connectivity index (χ3n) is 2.46. The van der Waals surface area contributed by atoms with Gasteiger partial charge in [0.05, 0.1) is 10.9 Å². The molecule has 0 fully saturated rings. The lowest BCUT2D eigenvalue weighted by Gasteiger charge is -2.09. The lowest BCUT2D eigenvalue weighted by Crippen LogP contribution is -2.36. The van der Waals surface area contributed by atoms with Crippen LogP contribution in [0, 0.1) is 0 Å². The van der Waals surface area contributed by atoms with Crippen molar-refractivity contribution in [1.82, 2.24) is 9.55 Å². The van der Waals surface area contributed by atoms with E-state index in [0.29, 0.717) is 5.39 Å². The molecule has 5 nitrogen and oxygen atoms in total. The lowest BCUT2D eigenvalue weighted by atomic mass is 10.2. The first-order valence-corrected chi connectivity index (χ1v) is 4.99. The van der Waals surface area contributed by atoms with E-state index in [1.165, 1.54) is 6.07 Å². The van der Waals surface area contributed by atoms with Gasteiger partial charge >= 0.3 is 5.69 Å². The van der Waals surface area contributed by atoms with E-state index in [1.54, 1.807) is 26.0 Å². The zero-order valence-corrected chi connectivity index (χ0v) is 9.02. The molecule has 1 aromatic carbocycles. The number of aromatic hydroxyl groups is 1. The van der Waals surface area contributed by atoms with Crippen LogP contribution < -0.4 is 11.2 Å². The quantitative estimate of drug-likeness (QED) is 0.752. The number of aromatic nitrogens is 2. The van der Waals surface area contributed by atoms with Gasteiger partial charge in [-0.05, 0) is 26.0 Å². The minimum Gasteiger partial charge on any atom is -0.506 e. The molecule has 16 heavy (non-hydrogen) atoms. The standard InChI is InChI=1S/C11H12N2O3/c1-6(2)13-10(15)7-4-3-5-8(14)9(7)12-11(13)16/h3-6,14H,1-2H3,(H,12,16). The third-order valence-corrected chi connectivity index (χ3v) is 2.46. The van der Waals surface area contributed by atoms with E-state index in [2.05, 4.69) is 4.98 Å². The first-order valence-electron chi connectivity index (χ1n) is 4.99. The van der Waals surface area contributed by atoms with Gasteiger partial charge in [0.2, 0.25) is 0 Å². The summed E-state index contributed by atoms with van der Waals surface area (Å²) in [4.78, 5) is 26.1. The van der Waals surface area contributed by atoms with Crippen molar-refractivity contribution in [3.63, 3.8) is 0 Å². The predicted octanol–water partition coefficient (Wildman–Crippen LogP) is 0.976. The summed E-state index contributed by atoms with van der Waals surface area (Å²) in [5.41, 5.74) is -0.701. The second-order valence-electron chi connectivity index (χ2n) is 3.90. The SMILES string of the molecule is CC(C)n1c(=O)[nH]c2c(O)cccc2c1=O. The fourth-order valence-corrected chi connectivity index (χ4v) is 1.71. The number of H-pyrrole nitrogens is 1. The van der Waals surface area contributed by atoms with Gasteiger partial charge in [-0.15, -0.1) is 0 Å². The molecule has 0 bridgehead atoms. The third kappa shape index (κ3) is 1.41. The van der Waals surface area contributed by atoms with Gasteiger partial charge in [-0.1, -0.05) is 6.07 Å². The zero-order chi connectivity index (χ0) is 11.9. The van der Waals surface area contributed by atoms with Crippen molar-refractivity contribution < 1.29 is 5.11 Å². The predicted molar refractivity (Wildman–Crippen MR) is 60.9 cm³/mol. The highest BCUT2D eigenvalue weighted by molar-refractivity contribution is 5.82. The Balaban J connectivity index is 3.01. The fourth-order valence-electron chi connectivity index (χ4n) is 1.71. The van der Waals surface area contributed by atoms with Gasteiger partial charge in [0.15, 0.2) is 0 Å². The number of aromatic amines is 1. The van der Waals surface area contributed by atoms with Crippen LogP contribution in [0.5, 0.6) is 5.75 Å². The maximum Gasteiger partial charge on any atom is 0.329 e. The van der Waals surface area contributed by atoms with Crippen LogP contribution >= 0.6 is 0 Å².